The van der Waals surface area contributed by atoms with Gasteiger partial charge in [-0.25, -0.2) is 0 Å². The maximum atomic E-state index is 5.38. The summed E-state index contributed by atoms with van der Waals surface area (Å²) in [6, 6.07) is 12.4. The van der Waals surface area contributed by atoms with Crippen molar-refractivity contribution >= 4 is 6.08 Å². The maximum Gasteiger partial charge on any atom is 0.119 e. The number of nitrogens with zero attached hydrogens (tertiary/aromatic N) is 1. The highest BCUT2D eigenvalue weighted by Crippen LogP contribution is 2.33. The molecule has 0 N–H and O–H groups in total. The molecule has 2 aromatic rings. The Balaban J connectivity index is 2.32. The van der Waals surface area contributed by atoms with Crippen LogP contribution in [0.1, 0.15) is 44.2 Å². The Hall–Kier alpha value is -2.09. The summed E-state index contributed by atoms with van der Waals surface area (Å²) in [7, 11) is 1.72. The Labute approximate surface area is 133 Å². The van der Waals surface area contributed by atoms with Gasteiger partial charge in [-0.2, -0.15) is 0 Å². The first-order chi connectivity index (χ1) is 10.7. The minimum Gasteiger partial charge on any atom is -0.497 e. The van der Waals surface area contributed by atoms with Crippen LogP contribution in [0, 0.1) is 0 Å². The third-order valence-electron chi connectivity index (χ3n) is 4.11. The number of pyridine rings is 1. The Morgan fingerprint density at radius 3 is 2.77 bits per heavy atom. The average Bonchev–Trinajstić information content (AvgIpc) is 2.59. The zero-order valence-electron chi connectivity index (χ0n) is 13.8. The summed E-state index contributed by atoms with van der Waals surface area (Å²) in [5.41, 5.74) is 2.42. The molecule has 2 rings (SSSR count). The van der Waals surface area contributed by atoms with Gasteiger partial charge in [0.1, 0.15) is 5.75 Å². The summed E-state index contributed by atoms with van der Waals surface area (Å²) in [4.78, 5) is 4.18. The van der Waals surface area contributed by atoms with Gasteiger partial charge in [-0.15, -0.1) is 0 Å². The molecule has 1 heterocycles. The summed E-state index contributed by atoms with van der Waals surface area (Å²) in [6.07, 6.45) is 11.7. The SMILES string of the molecule is CCCCC(C)(/C=C/c1cccnc1)c1cccc(OC)c1. The lowest BCUT2D eigenvalue weighted by molar-refractivity contribution is 0.412. The molecule has 0 aliphatic carbocycles. The van der Waals surface area contributed by atoms with E-state index in [-0.39, 0.29) is 5.41 Å². The van der Waals surface area contributed by atoms with Gasteiger partial charge in [-0.1, -0.05) is 57.0 Å². The van der Waals surface area contributed by atoms with E-state index in [1.54, 1.807) is 13.3 Å². The molecule has 116 valence electrons. The van der Waals surface area contributed by atoms with E-state index in [1.165, 1.54) is 18.4 Å². The molecule has 1 aromatic heterocycles. The zero-order chi connectivity index (χ0) is 15.8. The molecule has 1 aromatic carbocycles. The summed E-state index contributed by atoms with van der Waals surface area (Å²) in [6.45, 7) is 4.53. The first-order valence-electron chi connectivity index (χ1n) is 7.92. The fourth-order valence-corrected chi connectivity index (χ4v) is 2.60. The quantitative estimate of drug-likeness (QED) is 0.696. The highest BCUT2D eigenvalue weighted by atomic mass is 16.5. The first kappa shape index (κ1) is 16.3. The minimum absolute atomic E-state index is 0.000388. The maximum absolute atomic E-state index is 5.38. The number of rotatable bonds is 7. The molecule has 0 aliphatic rings. The average molecular weight is 295 g/mol. The van der Waals surface area contributed by atoms with Gasteiger partial charge >= 0.3 is 0 Å². The lowest BCUT2D eigenvalue weighted by Crippen LogP contribution is -2.19. The lowest BCUT2D eigenvalue weighted by Gasteiger charge is -2.27. The summed E-state index contributed by atoms with van der Waals surface area (Å²) in [5.74, 6) is 0.912. The van der Waals surface area contributed by atoms with Crippen molar-refractivity contribution in [3.63, 3.8) is 0 Å². The molecule has 1 unspecified atom stereocenters. The number of unbranched alkanes of at least 4 members (excludes halogenated alkanes) is 1. The second-order valence-electron chi connectivity index (χ2n) is 5.87. The van der Waals surface area contributed by atoms with Gasteiger partial charge in [0.2, 0.25) is 0 Å². The molecule has 0 radical (unpaired) electrons. The largest absolute Gasteiger partial charge is 0.497 e. The number of benzene rings is 1. The van der Waals surface area contributed by atoms with Gasteiger partial charge in [0.15, 0.2) is 0 Å². The first-order valence-corrected chi connectivity index (χ1v) is 7.92. The van der Waals surface area contributed by atoms with Crippen LogP contribution >= 0.6 is 0 Å². The third-order valence-corrected chi connectivity index (χ3v) is 4.11. The van der Waals surface area contributed by atoms with E-state index >= 15 is 0 Å². The van der Waals surface area contributed by atoms with Crippen molar-refractivity contribution in [2.75, 3.05) is 7.11 Å². The van der Waals surface area contributed by atoms with Crippen molar-refractivity contribution in [3.8, 4) is 5.75 Å². The van der Waals surface area contributed by atoms with E-state index in [0.29, 0.717) is 0 Å². The molecule has 0 aliphatic heterocycles. The number of ether oxygens (including phenoxy) is 1. The van der Waals surface area contributed by atoms with Gasteiger partial charge in [0.05, 0.1) is 7.11 Å². The van der Waals surface area contributed by atoms with Crippen LogP contribution in [0.25, 0.3) is 6.08 Å². The number of allylic oxidation sites excluding steroid dienone is 1. The van der Waals surface area contributed by atoms with Crippen molar-refractivity contribution < 1.29 is 4.74 Å². The normalized spacial score (nSPS) is 14.0. The van der Waals surface area contributed by atoms with Gasteiger partial charge in [-0.05, 0) is 35.7 Å². The van der Waals surface area contributed by atoms with Crippen molar-refractivity contribution in [2.45, 2.75) is 38.5 Å². The second-order valence-corrected chi connectivity index (χ2v) is 5.87. The predicted molar refractivity (Wildman–Crippen MR) is 93.1 cm³/mol. The van der Waals surface area contributed by atoms with Crippen LogP contribution < -0.4 is 4.74 Å². The van der Waals surface area contributed by atoms with Gasteiger partial charge in [-0.3, -0.25) is 4.98 Å². The lowest BCUT2D eigenvalue weighted by atomic mass is 9.77. The van der Waals surface area contributed by atoms with E-state index in [2.05, 4.69) is 55.2 Å². The Morgan fingerprint density at radius 1 is 1.23 bits per heavy atom. The fraction of sp³-hybridized carbons (Fsp3) is 0.350. The molecule has 0 saturated carbocycles. The summed E-state index contributed by atoms with van der Waals surface area (Å²) >= 11 is 0. The number of methoxy groups -OCH3 is 1. The number of hydrogen-bond donors (Lipinski definition) is 0. The molecule has 1 atom stereocenters. The standard InChI is InChI=1S/C20H25NO/c1-4-5-12-20(2,13-11-17-8-7-14-21-16-17)18-9-6-10-19(15-18)22-3/h6-11,13-16H,4-5,12H2,1-3H3/b13-11+. The fourth-order valence-electron chi connectivity index (χ4n) is 2.60. The topological polar surface area (TPSA) is 22.1 Å². The highest BCUT2D eigenvalue weighted by molar-refractivity contribution is 5.51. The van der Waals surface area contributed by atoms with Crippen LogP contribution in [-0.4, -0.2) is 12.1 Å². The second kappa shape index (κ2) is 7.79. The summed E-state index contributed by atoms with van der Waals surface area (Å²) < 4.78 is 5.38. The molecule has 0 fully saturated rings. The molecular formula is C20H25NO. The van der Waals surface area contributed by atoms with Crippen LogP contribution in [-0.2, 0) is 5.41 Å². The van der Waals surface area contributed by atoms with Gasteiger partial charge in [0.25, 0.3) is 0 Å². The van der Waals surface area contributed by atoms with E-state index in [1.807, 2.05) is 18.3 Å². The smallest absolute Gasteiger partial charge is 0.119 e. The monoisotopic (exact) mass is 295 g/mol. The zero-order valence-corrected chi connectivity index (χ0v) is 13.8. The van der Waals surface area contributed by atoms with Crippen LogP contribution in [0.4, 0.5) is 0 Å². The van der Waals surface area contributed by atoms with Crippen LogP contribution in [0.3, 0.4) is 0 Å². The molecule has 0 spiro atoms. The van der Waals surface area contributed by atoms with Crippen molar-refractivity contribution in [1.29, 1.82) is 0 Å². The van der Waals surface area contributed by atoms with E-state index < -0.39 is 0 Å². The molecule has 0 bridgehead atoms. The van der Waals surface area contributed by atoms with Crippen molar-refractivity contribution in [1.82, 2.24) is 4.98 Å². The van der Waals surface area contributed by atoms with Gasteiger partial charge < -0.3 is 4.74 Å². The van der Waals surface area contributed by atoms with Crippen molar-refractivity contribution in [3.05, 3.63) is 66.0 Å². The van der Waals surface area contributed by atoms with Crippen molar-refractivity contribution in [2.24, 2.45) is 0 Å². The predicted octanol–water partition coefficient (Wildman–Crippen LogP) is 5.25. The molecular weight excluding hydrogens is 270 g/mol. The van der Waals surface area contributed by atoms with E-state index in [9.17, 15) is 0 Å². The molecule has 0 saturated heterocycles. The van der Waals surface area contributed by atoms with E-state index in [4.69, 9.17) is 4.74 Å². The molecule has 22 heavy (non-hydrogen) atoms. The van der Waals surface area contributed by atoms with Crippen LogP contribution in [0.5, 0.6) is 5.75 Å². The number of aromatic nitrogens is 1. The van der Waals surface area contributed by atoms with Gasteiger partial charge in [0, 0.05) is 17.8 Å². The van der Waals surface area contributed by atoms with Crippen LogP contribution in [0.2, 0.25) is 0 Å². The van der Waals surface area contributed by atoms with Crippen LogP contribution in [0.15, 0.2) is 54.9 Å². The Kier molecular flexibility index (Phi) is 5.76. The molecule has 2 nitrogen and oxygen atoms in total. The minimum atomic E-state index is 0.000388. The highest BCUT2D eigenvalue weighted by Gasteiger charge is 2.23. The Bertz CT molecular complexity index is 606. The summed E-state index contributed by atoms with van der Waals surface area (Å²) in [5, 5.41) is 0. The number of hydrogen-bond acceptors (Lipinski definition) is 2. The Morgan fingerprint density at radius 2 is 2.09 bits per heavy atom. The molecule has 0 amide bonds. The molecule has 2 heteroatoms. The van der Waals surface area contributed by atoms with E-state index in [0.717, 1.165) is 17.7 Å². The third kappa shape index (κ3) is 4.20.